The van der Waals surface area contributed by atoms with Gasteiger partial charge in [-0.25, -0.2) is 0 Å². The molecular weight excluding hydrogens is 504 g/mol. The van der Waals surface area contributed by atoms with E-state index in [9.17, 15) is 0 Å². The smallest absolute Gasteiger partial charge is 0.0238 e. The van der Waals surface area contributed by atoms with Gasteiger partial charge in [-0.1, -0.05) is 102 Å². The number of rotatable bonds is 3. The summed E-state index contributed by atoms with van der Waals surface area (Å²) in [6.07, 6.45) is 3.31. The maximum atomic E-state index is 3.30. The van der Waals surface area contributed by atoms with E-state index < -0.39 is 0 Å². The van der Waals surface area contributed by atoms with Crippen molar-refractivity contribution in [2.45, 2.75) is 26.2 Å². The van der Waals surface area contributed by atoms with Gasteiger partial charge in [0.25, 0.3) is 0 Å². The van der Waals surface area contributed by atoms with Crippen molar-refractivity contribution >= 4 is 15.1 Å². The van der Waals surface area contributed by atoms with Crippen LogP contribution in [0.25, 0.3) is 21.9 Å². The van der Waals surface area contributed by atoms with Crippen LogP contribution in [-0.2, 0) is 39.2 Å². The molecule has 1 aliphatic rings. The zero-order valence-electron chi connectivity index (χ0n) is 22.6. The molecule has 6 aromatic rings. The third kappa shape index (κ3) is 8.65. The van der Waals surface area contributed by atoms with Crippen molar-refractivity contribution in [3.05, 3.63) is 174 Å². The predicted octanol–water partition coefficient (Wildman–Crippen LogP) is 9.44. The Kier molecular flexibility index (Phi) is 11.4. The van der Waals surface area contributed by atoms with Crippen molar-refractivity contribution in [2.24, 2.45) is 0 Å². The summed E-state index contributed by atoms with van der Waals surface area (Å²) in [4.78, 5) is 0. The number of aryl methyl sites for hydroxylation is 2. The third-order valence-corrected chi connectivity index (χ3v) is 6.55. The minimum absolute atomic E-state index is 1.05. The molecule has 0 aromatic heterocycles. The Hall–Kier alpha value is -3.71. The SMILES string of the molecule is C[CH]=[Ti+2].[c-]1cccc2c1Cc1ccccc1-2.c1ccc(CCc2ccccc2)cc1.c1ccc2[cH-]ccc2c1. The van der Waals surface area contributed by atoms with Gasteiger partial charge < -0.3 is 0 Å². The van der Waals surface area contributed by atoms with Gasteiger partial charge in [-0.05, 0) is 30.4 Å². The Balaban J connectivity index is 0.000000132. The Morgan fingerprint density at radius 1 is 0.667 bits per heavy atom. The third-order valence-electron chi connectivity index (χ3n) is 6.55. The first-order chi connectivity index (χ1) is 19.3. The first-order valence-electron chi connectivity index (χ1n) is 13.5. The average molecular weight is 539 g/mol. The van der Waals surface area contributed by atoms with Crippen LogP contribution in [0.5, 0.6) is 0 Å². The molecule has 0 atom stereocenters. The molecule has 1 heteroatoms. The Morgan fingerprint density at radius 2 is 1.23 bits per heavy atom. The van der Waals surface area contributed by atoms with Crippen molar-refractivity contribution < 1.29 is 20.0 Å². The molecule has 0 heterocycles. The van der Waals surface area contributed by atoms with Gasteiger partial charge in [-0.2, -0.15) is 47.3 Å². The molecule has 0 fully saturated rings. The molecule has 39 heavy (non-hydrogen) atoms. The summed E-state index contributed by atoms with van der Waals surface area (Å²) < 4.78 is 2.00. The minimum atomic E-state index is 1.05. The second kappa shape index (κ2) is 15.6. The second-order valence-corrected chi connectivity index (χ2v) is 10.2. The molecule has 0 spiro atoms. The first kappa shape index (κ1) is 28.3. The van der Waals surface area contributed by atoms with E-state index >= 15 is 0 Å². The van der Waals surface area contributed by atoms with Crippen LogP contribution in [0.15, 0.2) is 146 Å². The molecule has 0 saturated heterocycles. The molecule has 0 radical (unpaired) electrons. The van der Waals surface area contributed by atoms with E-state index in [2.05, 4.69) is 146 Å². The van der Waals surface area contributed by atoms with Crippen LogP contribution >= 0.6 is 0 Å². The summed E-state index contributed by atoms with van der Waals surface area (Å²) in [5.41, 5.74) is 8.34. The van der Waals surface area contributed by atoms with Crippen LogP contribution < -0.4 is 0 Å². The van der Waals surface area contributed by atoms with E-state index in [1.165, 1.54) is 44.2 Å². The van der Waals surface area contributed by atoms with E-state index in [0.29, 0.717) is 0 Å². The summed E-state index contributed by atoms with van der Waals surface area (Å²) in [5, 5.41) is 2.66. The molecule has 7 rings (SSSR count). The Morgan fingerprint density at radius 3 is 1.90 bits per heavy atom. The molecule has 0 nitrogen and oxygen atoms in total. The normalized spacial score (nSPS) is 10.4. The average Bonchev–Trinajstić information content (AvgIpc) is 3.63. The van der Waals surface area contributed by atoms with Crippen LogP contribution in [0.3, 0.4) is 0 Å². The van der Waals surface area contributed by atoms with Crippen molar-refractivity contribution in [3.63, 3.8) is 0 Å². The van der Waals surface area contributed by atoms with E-state index in [4.69, 9.17) is 0 Å². The molecule has 0 amide bonds. The topological polar surface area (TPSA) is 0 Å². The number of benzene rings is 5. The second-order valence-electron chi connectivity index (χ2n) is 9.31. The van der Waals surface area contributed by atoms with E-state index in [1.807, 2.05) is 37.3 Å². The van der Waals surface area contributed by atoms with E-state index in [0.717, 1.165) is 19.3 Å². The Labute approximate surface area is 245 Å². The molecule has 0 saturated carbocycles. The van der Waals surface area contributed by atoms with Crippen LogP contribution in [-0.4, -0.2) is 4.31 Å². The van der Waals surface area contributed by atoms with Gasteiger partial charge in [0, 0.05) is 0 Å². The summed E-state index contributed by atoms with van der Waals surface area (Å²) >= 11 is 2.00. The van der Waals surface area contributed by atoms with E-state index in [-0.39, 0.29) is 0 Å². The maximum Gasteiger partial charge on any atom is -0.0238 e. The molecule has 0 unspecified atom stereocenters. The molecule has 0 N–H and O–H groups in total. The zero-order chi connectivity index (χ0) is 27.1. The predicted molar refractivity (Wildman–Crippen MR) is 165 cm³/mol. The van der Waals surface area contributed by atoms with Crippen LogP contribution in [0.2, 0.25) is 0 Å². The minimum Gasteiger partial charge on any atom is -0.179 e. The van der Waals surface area contributed by atoms with Gasteiger partial charge in [0.15, 0.2) is 0 Å². The Bertz CT molecular complexity index is 1430. The molecule has 190 valence electrons. The molecule has 0 aliphatic heterocycles. The van der Waals surface area contributed by atoms with Gasteiger partial charge in [-0.3, -0.25) is 0 Å². The van der Waals surface area contributed by atoms with Crippen LogP contribution in [0, 0.1) is 6.07 Å². The fraction of sp³-hybridized carbons (Fsp3) is 0.105. The monoisotopic (exact) mass is 538 g/mol. The van der Waals surface area contributed by atoms with Crippen molar-refractivity contribution in [1.82, 2.24) is 0 Å². The maximum absolute atomic E-state index is 3.30. The van der Waals surface area contributed by atoms with Gasteiger partial charge in [0.1, 0.15) is 0 Å². The van der Waals surface area contributed by atoms with Crippen molar-refractivity contribution in [1.29, 1.82) is 0 Å². The van der Waals surface area contributed by atoms with Crippen molar-refractivity contribution in [3.8, 4) is 11.1 Å². The summed E-state index contributed by atoms with van der Waals surface area (Å²) in [6, 6.07) is 54.0. The first-order valence-corrected chi connectivity index (χ1v) is 14.4. The molecule has 6 aromatic carbocycles. The van der Waals surface area contributed by atoms with E-state index in [1.54, 1.807) is 0 Å². The summed E-state index contributed by atoms with van der Waals surface area (Å²) in [7, 11) is 0. The number of hydrogen-bond donors (Lipinski definition) is 0. The molecule has 0 bridgehead atoms. The standard InChI is InChI=1S/C14H14.C13H9.C9H7.C2H4.Ti/c1-3-7-13(8-4-1)11-12-14-9-5-2-6-10-14;1-3-7-12-10(5-1)9-11-6-2-4-8-13(11)12;1-2-5-9-7-3-6-8(9)4-1;1-2;/h1-10H,11-12H2;1-5,7-8H,9H2;1-7H;1H,2H3;/q;2*-1;;+2. The van der Waals surface area contributed by atoms with Crippen molar-refractivity contribution in [2.75, 3.05) is 0 Å². The zero-order valence-corrected chi connectivity index (χ0v) is 24.1. The van der Waals surface area contributed by atoms with Gasteiger partial charge >= 0.3 is 31.2 Å². The summed E-state index contributed by atoms with van der Waals surface area (Å²) in [6.45, 7) is 2.00. The van der Waals surface area contributed by atoms with Crippen LogP contribution in [0.4, 0.5) is 0 Å². The molecular formula is C38H34Ti. The number of hydrogen-bond acceptors (Lipinski definition) is 0. The fourth-order valence-corrected chi connectivity index (χ4v) is 4.65. The largest absolute Gasteiger partial charge is 0.179 e. The van der Waals surface area contributed by atoms with Crippen LogP contribution in [0.1, 0.15) is 29.2 Å². The quantitative estimate of drug-likeness (QED) is 0.155. The summed E-state index contributed by atoms with van der Waals surface area (Å²) in [5.74, 6) is 0. The van der Waals surface area contributed by atoms with Gasteiger partial charge in [0.2, 0.25) is 0 Å². The molecule has 1 aliphatic carbocycles. The number of fused-ring (bicyclic) bond motifs is 4. The van der Waals surface area contributed by atoms with Gasteiger partial charge in [-0.15, -0.1) is 35.2 Å². The fourth-order valence-electron chi connectivity index (χ4n) is 4.65. The van der Waals surface area contributed by atoms with Gasteiger partial charge in [0.05, 0.1) is 0 Å².